The zero-order valence-electron chi connectivity index (χ0n) is 10.8. The highest BCUT2D eigenvalue weighted by Gasteiger charge is 2.36. The number of carbonyl (C=O) groups excluding carboxylic acids is 1. The van der Waals surface area contributed by atoms with Gasteiger partial charge in [0.1, 0.15) is 5.60 Å². The van der Waals surface area contributed by atoms with Gasteiger partial charge in [0.05, 0.1) is 12.2 Å². The van der Waals surface area contributed by atoms with E-state index >= 15 is 0 Å². The minimum Gasteiger partial charge on any atom is -0.382 e. The molecule has 2 atom stereocenters. The van der Waals surface area contributed by atoms with E-state index in [2.05, 4.69) is 0 Å². The van der Waals surface area contributed by atoms with Gasteiger partial charge in [-0.15, -0.1) is 0 Å². The van der Waals surface area contributed by atoms with E-state index in [1.807, 2.05) is 18.2 Å². The summed E-state index contributed by atoms with van der Waals surface area (Å²) in [5, 5.41) is 9.79. The summed E-state index contributed by atoms with van der Waals surface area (Å²) >= 11 is 0. The van der Waals surface area contributed by atoms with Gasteiger partial charge < -0.3 is 9.84 Å². The molecule has 1 saturated heterocycles. The van der Waals surface area contributed by atoms with Crippen LogP contribution in [0.5, 0.6) is 0 Å². The van der Waals surface area contributed by atoms with Crippen LogP contribution in [0.4, 0.5) is 0 Å². The van der Waals surface area contributed by atoms with E-state index in [0.29, 0.717) is 5.56 Å². The molecule has 0 aliphatic carbocycles. The van der Waals surface area contributed by atoms with Crippen molar-refractivity contribution in [2.45, 2.75) is 50.9 Å². The Morgan fingerprint density at radius 2 is 1.94 bits per heavy atom. The molecule has 0 saturated carbocycles. The molecule has 0 aromatic heterocycles. The maximum absolute atomic E-state index is 12.1. The lowest BCUT2D eigenvalue weighted by Crippen LogP contribution is -2.31. The maximum Gasteiger partial charge on any atom is 0.193 e. The molecule has 3 rings (SSSR count). The number of rotatable bonds is 2. The summed E-state index contributed by atoms with van der Waals surface area (Å²) in [5.74, 6) is -0.230. The zero-order valence-corrected chi connectivity index (χ0v) is 10.8. The lowest BCUT2D eigenvalue weighted by atomic mass is 9.92. The van der Waals surface area contributed by atoms with Gasteiger partial charge in [-0.2, -0.15) is 0 Å². The van der Waals surface area contributed by atoms with E-state index in [0.717, 1.165) is 18.4 Å². The van der Waals surface area contributed by atoms with Gasteiger partial charge in [-0.1, -0.05) is 12.1 Å². The fourth-order valence-corrected chi connectivity index (χ4v) is 2.92. The van der Waals surface area contributed by atoms with Crippen LogP contribution < -0.4 is 0 Å². The Balaban J connectivity index is 2.00. The number of benzene rings is 1. The molecule has 2 aliphatic rings. The fraction of sp³-hybridized carbons (Fsp3) is 0.533. The summed E-state index contributed by atoms with van der Waals surface area (Å²) in [5.41, 5.74) is 1.64. The van der Waals surface area contributed by atoms with E-state index in [1.54, 1.807) is 0 Å². The SMILES string of the molecule is CC(C)(O)C(=O)c1ccc2c(c1)C1CCCC2O1. The summed E-state index contributed by atoms with van der Waals surface area (Å²) in [6, 6.07) is 5.71. The third-order valence-corrected chi connectivity index (χ3v) is 3.86. The molecule has 2 unspecified atom stereocenters. The molecule has 2 bridgehead atoms. The highest BCUT2D eigenvalue weighted by Crippen LogP contribution is 2.48. The second kappa shape index (κ2) is 3.90. The Bertz CT molecular complexity index is 499. The molecule has 1 aromatic rings. The first-order chi connectivity index (χ1) is 8.47. The molecule has 3 heteroatoms. The normalized spacial score (nSPS) is 25.9. The van der Waals surface area contributed by atoms with Gasteiger partial charge in [-0.05, 0) is 50.3 Å². The Morgan fingerprint density at radius 3 is 2.61 bits per heavy atom. The highest BCUT2D eigenvalue weighted by atomic mass is 16.5. The monoisotopic (exact) mass is 246 g/mol. The van der Waals surface area contributed by atoms with Gasteiger partial charge in [0.2, 0.25) is 0 Å². The average molecular weight is 246 g/mol. The van der Waals surface area contributed by atoms with E-state index < -0.39 is 5.60 Å². The number of ether oxygens (including phenoxy) is 1. The number of aliphatic hydroxyl groups is 1. The lowest BCUT2D eigenvalue weighted by Gasteiger charge is -2.19. The molecule has 2 heterocycles. The topological polar surface area (TPSA) is 46.5 Å². The van der Waals surface area contributed by atoms with Gasteiger partial charge in [0, 0.05) is 5.56 Å². The molecule has 96 valence electrons. The summed E-state index contributed by atoms with van der Waals surface area (Å²) in [6.45, 7) is 3.05. The summed E-state index contributed by atoms with van der Waals surface area (Å²) in [7, 11) is 0. The van der Waals surface area contributed by atoms with Gasteiger partial charge in [-0.3, -0.25) is 4.79 Å². The first-order valence-electron chi connectivity index (χ1n) is 6.53. The third-order valence-electron chi connectivity index (χ3n) is 3.86. The van der Waals surface area contributed by atoms with Crippen molar-refractivity contribution in [2.75, 3.05) is 0 Å². The number of fused-ring (bicyclic) bond motifs is 5. The van der Waals surface area contributed by atoms with Crippen molar-refractivity contribution >= 4 is 5.78 Å². The fourth-order valence-electron chi connectivity index (χ4n) is 2.92. The summed E-state index contributed by atoms with van der Waals surface area (Å²) < 4.78 is 5.91. The van der Waals surface area contributed by atoms with Crippen LogP contribution in [0.25, 0.3) is 0 Å². The number of hydrogen-bond acceptors (Lipinski definition) is 3. The number of hydrogen-bond donors (Lipinski definition) is 1. The first kappa shape index (κ1) is 11.9. The van der Waals surface area contributed by atoms with Crippen LogP contribution in [-0.4, -0.2) is 16.5 Å². The van der Waals surface area contributed by atoms with Crippen molar-refractivity contribution < 1.29 is 14.6 Å². The van der Waals surface area contributed by atoms with E-state index in [9.17, 15) is 9.90 Å². The molecule has 0 amide bonds. The van der Waals surface area contributed by atoms with Crippen molar-refractivity contribution in [3.63, 3.8) is 0 Å². The van der Waals surface area contributed by atoms with Crippen molar-refractivity contribution in [3.8, 4) is 0 Å². The Labute approximate surface area is 107 Å². The average Bonchev–Trinajstić information content (AvgIpc) is 2.59. The Morgan fingerprint density at radius 1 is 1.28 bits per heavy atom. The minimum atomic E-state index is -1.32. The Kier molecular flexibility index (Phi) is 2.57. The first-order valence-corrected chi connectivity index (χ1v) is 6.53. The number of ketones is 1. The predicted molar refractivity (Wildman–Crippen MR) is 67.5 cm³/mol. The molecule has 0 spiro atoms. The van der Waals surface area contributed by atoms with Crippen LogP contribution in [0.15, 0.2) is 18.2 Å². The maximum atomic E-state index is 12.1. The van der Waals surface area contributed by atoms with Crippen molar-refractivity contribution in [1.82, 2.24) is 0 Å². The number of Topliss-reactive ketones (excluding diaryl/α,β-unsaturated/α-hetero) is 1. The van der Waals surface area contributed by atoms with Crippen LogP contribution in [-0.2, 0) is 4.74 Å². The smallest absolute Gasteiger partial charge is 0.193 e. The standard InChI is InChI=1S/C15H18O3/c1-15(2,17)14(16)9-6-7-10-11(8-9)13-5-3-4-12(10)18-13/h6-8,12-13,17H,3-5H2,1-2H3. The molecule has 1 fully saturated rings. The molecule has 0 radical (unpaired) electrons. The van der Waals surface area contributed by atoms with Crippen LogP contribution in [0.2, 0.25) is 0 Å². The van der Waals surface area contributed by atoms with Gasteiger partial charge in [-0.25, -0.2) is 0 Å². The van der Waals surface area contributed by atoms with Crippen LogP contribution in [0.3, 0.4) is 0 Å². The van der Waals surface area contributed by atoms with Crippen molar-refractivity contribution in [2.24, 2.45) is 0 Å². The number of carbonyl (C=O) groups is 1. The lowest BCUT2D eigenvalue weighted by molar-refractivity contribution is -0.0279. The van der Waals surface area contributed by atoms with E-state index in [4.69, 9.17) is 4.74 Å². The summed E-state index contributed by atoms with van der Waals surface area (Å²) in [4.78, 5) is 12.1. The molecule has 2 aliphatic heterocycles. The van der Waals surface area contributed by atoms with Gasteiger partial charge in [0.15, 0.2) is 5.78 Å². The second-order valence-corrected chi connectivity index (χ2v) is 5.78. The quantitative estimate of drug-likeness (QED) is 0.816. The summed E-state index contributed by atoms with van der Waals surface area (Å²) in [6.07, 6.45) is 3.64. The molecule has 18 heavy (non-hydrogen) atoms. The molecule has 3 nitrogen and oxygen atoms in total. The predicted octanol–water partition coefficient (Wildman–Crippen LogP) is 2.94. The van der Waals surface area contributed by atoms with Gasteiger partial charge in [0.25, 0.3) is 0 Å². The zero-order chi connectivity index (χ0) is 12.9. The largest absolute Gasteiger partial charge is 0.382 e. The van der Waals surface area contributed by atoms with E-state index in [1.165, 1.54) is 25.8 Å². The molecule has 1 N–H and O–H groups in total. The molecular weight excluding hydrogens is 228 g/mol. The van der Waals surface area contributed by atoms with Crippen LogP contribution >= 0.6 is 0 Å². The van der Waals surface area contributed by atoms with E-state index in [-0.39, 0.29) is 18.0 Å². The Hall–Kier alpha value is -1.19. The van der Waals surface area contributed by atoms with Crippen molar-refractivity contribution in [3.05, 3.63) is 34.9 Å². The van der Waals surface area contributed by atoms with Crippen LogP contribution in [0.1, 0.15) is 66.8 Å². The molecular formula is C15H18O3. The van der Waals surface area contributed by atoms with Crippen molar-refractivity contribution in [1.29, 1.82) is 0 Å². The molecule has 1 aromatic carbocycles. The highest BCUT2D eigenvalue weighted by molar-refractivity contribution is 6.02. The minimum absolute atomic E-state index is 0.147. The van der Waals surface area contributed by atoms with Gasteiger partial charge >= 0.3 is 0 Å². The third kappa shape index (κ3) is 1.78. The van der Waals surface area contributed by atoms with Crippen LogP contribution in [0, 0.1) is 0 Å². The second-order valence-electron chi connectivity index (χ2n) is 5.78.